The molecule has 0 amide bonds. The number of benzene rings is 2. The van der Waals surface area contributed by atoms with E-state index in [0.29, 0.717) is 12.0 Å². The third-order valence-electron chi connectivity index (χ3n) is 4.36. The molecule has 0 aliphatic heterocycles. The van der Waals surface area contributed by atoms with Crippen molar-refractivity contribution in [1.29, 1.82) is 0 Å². The normalized spacial score (nSPS) is 13.5. The summed E-state index contributed by atoms with van der Waals surface area (Å²) in [6.07, 6.45) is 2.43. The Morgan fingerprint density at radius 1 is 0.920 bits per heavy atom. The van der Waals surface area contributed by atoms with E-state index in [0.717, 1.165) is 22.8 Å². The smallest absolute Gasteiger partial charge is 0.229 e. The highest BCUT2D eigenvalue weighted by Gasteiger charge is 2.22. The van der Waals surface area contributed by atoms with Crippen molar-refractivity contribution in [2.24, 2.45) is 0 Å². The molecule has 0 saturated heterocycles. The first-order valence-corrected chi connectivity index (χ1v) is 8.73. The van der Waals surface area contributed by atoms with Crippen molar-refractivity contribution in [1.82, 2.24) is 9.97 Å². The maximum absolute atomic E-state index is 4.74. The molecule has 0 atom stereocenters. The average molecular weight is 330 g/mol. The number of aromatic nitrogens is 2. The van der Waals surface area contributed by atoms with Crippen molar-refractivity contribution >= 4 is 17.5 Å². The SMILES string of the molecule is Cc1ccc(C)c(Nc2nc(NC3CC3)cc(-c3ccccc3)n2)c1. The molecule has 0 bridgehead atoms. The Bertz CT molecular complexity index is 886. The molecule has 25 heavy (non-hydrogen) atoms. The monoisotopic (exact) mass is 330 g/mol. The fraction of sp³-hybridized carbons (Fsp3) is 0.238. The van der Waals surface area contributed by atoms with Crippen LogP contribution < -0.4 is 10.6 Å². The third kappa shape index (κ3) is 3.79. The summed E-state index contributed by atoms with van der Waals surface area (Å²) >= 11 is 0. The van der Waals surface area contributed by atoms with Crippen LogP contribution in [-0.4, -0.2) is 16.0 Å². The van der Waals surface area contributed by atoms with Crippen molar-refractivity contribution in [3.8, 4) is 11.3 Å². The van der Waals surface area contributed by atoms with E-state index in [9.17, 15) is 0 Å². The molecular formula is C21H22N4. The Morgan fingerprint density at radius 2 is 1.72 bits per heavy atom. The second kappa shape index (κ2) is 6.55. The lowest BCUT2D eigenvalue weighted by molar-refractivity contribution is 1.08. The van der Waals surface area contributed by atoms with Crippen molar-refractivity contribution in [2.75, 3.05) is 10.6 Å². The Morgan fingerprint density at radius 3 is 2.48 bits per heavy atom. The third-order valence-corrected chi connectivity index (χ3v) is 4.36. The number of nitrogens with zero attached hydrogens (tertiary/aromatic N) is 2. The van der Waals surface area contributed by atoms with Gasteiger partial charge in [-0.3, -0.25) is 0 Å². The lowest BCUT2D eigenvalue weighted by Crippen LogP contribution is -2.07. The van der Waals surface area contributed by atoms with Crippen molar-refractivity contribution in [2.45, 2.75) is 32.7 Å². The van der Waals surface area contributed by atoms with E-state index in [1.807, 2.05) is 24.3 Å². The van der Waals surface area contributed by atoms with Gasteiger partial charge in [0.25, 0.3) is 0 Å². The standard InChI is InChI=1S/C21H22N4/c1-14-8-9-15(2)18(12-14)23-21-24-19(16-6-4-3-5-7-16)13-20(25-21)22-17-10-11-17/h3-9,12-13,17H,10-11H2,1-2H3,(H2,22,23,24,25). The minimum absolute atomic E-state index is 0.548. The van der Waals surface area contributed by atoms with E-state index in [2.05, 4.69) is 59.8 Å². The molecule has 2 N–H and O–H groups in total. The summed E-state index contributed by atoms with van der Waals surface area (Å²) in [5, 5.41) is 6.88. The number of anilines is 3. The van der Waals surface area contributed by atoms with E-state index < -0.39 is 0 Å². The summed E-state index contributed by atoms with van der Waals surface area (Å²) in [6.45, 7) is 4.18. The first kappa shape index (κ1) is 15.6. The highest BCUT2D eigenvalue weighted by Crippen LogP contribution is 2.28. The number of rotatable bonds is 5. The van der Waals surface area contributed by atoms with Crippen LogP contribution in [0.15, 0.2) is 54.6 Å². The van der Waals surface area contributed by atoms with Gasteiger partial charge in [-0.25, -0.2) is 4.98 Å². The number of nitrogens with one attached hydrogen (secondary N) is 2. The fourth-order valence-corrected chi connectivity index (χ4v) is 2.76. The number of hydrogen-bond acceptors (Lipinski definition) is 4. The molecular weight excluding hydrogens is 308 g/mol. The van der Waals surface area contributed by atoms with Gasteiger partial charge in [0.05, 0.1) is 5.69 Å². The predicted octanol–water partition coefficient (Wildman–Crippen LogP) is 5.08. The number of aryl methyl sites for hydroxylation is 2. The quantitative estimate of drug-likeness (QED) is 0.685. The average Bonchev–Trinajstić information content (AvgIpc) is 3.43. The molecule has 1 aromatic heterocycles. The van der Waals surface area contributed by atoms with Crippen molar-refractivity contribution < 1.29 is 0 Å². The minimum atomic E-state index is 0.548. The zero-order valence-corrected chi connectivity index (χ0v) is 14.6. The van der Waals surface area contributed by atoms with Crippen LogP contribution in [0, 0.1) is 13.8 Å². The highest BCUT2D eigenvalue weighted by molar-refractivity contribution is 5.67. The topological polar surface area (TPSA) is 49.8 Å². The molecule has 1 heterocycles. The van der Waals surface area contributed by atoms with Gasteiger partial charge in [-0.05, 0) is 43.9 Å². The van der Waals surface area contributed by atoms with Crippen molar-refractivity contribution in [3.63, 3.8) is 0 Å². The van der Waals surface area contributed by atoms with Crippen LogP contribution in [-0.2, 0) is 0 Å². The van der Waals surface area contributed by atoms with Crippen molar-refractivity contribution in [3.05, 3.63) is 65.7 Å². The summed E-state index contributed by atoms with van der Waals surface area (Å²) < 4.78 is 0. The van der Waals surface area contributed by atoms with Crippen LogP contribution in [0.4, 0.5) is 17.5 Å². The molecule has 0 radical (unpaired) electrons. The van der Waals surface area contributed by atoms with Crippen LogP contribution in [0.25, 0.3) is 11.3 Å². The van der Waals surface area contributed by atoms with Crippen LogP contribution in [0.3, 0.4) is 0 Å². The summed E-state index contributed by atoms with van der Waals surface area (Å²) in [5.74, 6) is 1.50. The molecule has 4 heteroatoms. The lowest BCUT2D eigenvalue weighted by atomic mass is 10.1. The van der Waals surface area contributed by atoms with Gasteiger partial charge in [0.1, 0.15) is 5.82 Å². The summed E-state index contributed by atoms with van der Waals surface area (Å²) in [5.41, 5.74) is 5.45. The van der Waals surface area contributed by atoms with Crippen LogP contribution in [0.1, 0.15) is 24.0 Å². The molecule has 1 aliphatic carbocycles. The maximum atomic E-state index is 4.74. The molecule has 1 fully saturated rings. The summed E-state index contributed by atoms with van der Waals surface area (Å²) in [4.78, 5) is 9.41. The van der Waals surface area contributed by atoms with Crippen LogP contribution in [0.5, 0.6) is 0 Å². The fourth-order valence-electron chi connectivity index (χ4n) is 2.76. The lowest BCUT2D eigenvalue weighted by Gasteiger charge is -2.13. The molecule has 0 spiro atoms. The Balaban J connectivity index is 1.71. The molecule has 4 nitrogen and oxygen atoms in total. The van der Waals surface area contributed by atoms with Gasteiger partial charge in [0.2, 0.25) is 5.95 Å². The van der Waals surface area contributed by atoms with Crippen LogP contribution in [0.2, 0.25) is 0 Å². The van der Waals surface area contributed by atoms with Gasteiger partial charge in [-0.1, -0.05) is 42.5 Å². The minimum Gasteiger partial charge on any atom is -0.367 e. The largest absolute Gasteiger partial charge is 0.367 e. The zero-order chi connectivity index (χ0) is 17.2. The maximum Gasteiger partial charge on any atom is 0.229 e. The molecule has 1 saturated carbocycles. The summed E-state index contributed by atoms with van der Waals surface area (Å²) in [7, 11) is 0. The first-order valence-electron chi connectivity index (χ1n) is 8.73. The Hall–Kier alpha value is -2.88. The van der Waals surface area contributed by atoms with Gasteiger partial charge in [0.15, 0.2) is 0 Å². The molecule has 1 aliphatic rings. The zero-order valence-electron chi connectivity index (χ0n) is 14.6. The van der Waals surface area contributed by atoms with E-state index in [1.165, 1.54) is 24.0 Å². The molecule has 3 aromatic rings. The second-order valence-electron chi connectivity index (χ2n) is 6.69. The molecule has 126 valence electrons. The van der Waals surface area contributed by atoms with E-state index in [1.54, 1.807) is 0 Å². The van der Waals surface area contributed by atoms with Crippen LogP contribution >= 0.6 is 0 Å². The van der Waals surface area contributed by atoms with Gasteiger partial charge in [-0.15, -0.1) is 0 Å². The Labute approximate surface area is 148 Å². The van der Waals surface area contributed by atoms with Gasteiger partial charge in [-0.2, -0.15) is 4.98 Å². The highest BCUT2D eigenvalue weighted by atomic mass is 15.2. The predicted molar refractivity (Wildman–Crippen MR) is 103 cm³/mol. The molecule has 4 rings (SSSR count). The number of hydrogen-bond donors (Lipinski definition) is 2. The van der Waals surface area contributed by atoms with Gasteiger partial charge in [0, 0.05) is 23.4 Å². The van der Waals surface area contributed by atoms with Gasteiger partial charge < -0.3 is 10.6 Å². The molecule has 0 unspecified atom stereocenters. The van der Waals surface area contributed by atoms with E-state index >= 15 is 0 Å². The van der Waals surface area contributed by atoms with Gasteiger partial charge >= 0.3 is 0 Å². The second-order valence-corrected chi connectivity index (χ2v) is 6.69. The van der Waals surface area contributed by atoms with E-state index in [-0.39, 0.29) is 0 Å². The first-order chi connectivity index (χ1) is 12.2. The Kier molecular flexibility index (Phi) is 4.10. The van der Waals surface area contributed by atoms with E-state index in [4.69, 9.17) is 4.98 Å². The molecule has 2 aromatic carbocycles. The summed E-state index contributed by atoms with van der Waals surface area (Å²) in [6, 6.07) is 19.2.